The Bertz CT molecular complexity index is 492. The van der Waals surface area contributed by atoms with Gasteiger partial charge in [-0.1, -0.05) is 12.1 Å². The predicted octanol–water partition coefficient (Wildman–Crippen LogP) is 1.91. The molecule has 0 bridgehead atoms. The molecule has 1 fully saturated rings. The number of hydrogen-bond donors (Lipinski definition) is 3. The van der Waals surface area contributed by atoms with Crippen LogP contribution in [0.4, 0.5) is 5.69 Å². The van der Waals surface area contributed by atoms with Gasteiger partial charge in [0.25, 0.3) is 0 Å². The first-order chi connectivity index (χ1) is 9.47. The lowest BCUT2D eigenvalue weighted by Crippen LogP contribution is -2.48. The summed E-state index contributed by atoms with van der Waals surface area (Å²) in [6, 6.07) is 7.25. The van der Waals surface area contributed by atoms with Gasteiger partial charge >= 0.3 is 5.97 Å². The van der Waals surface area contributed by atoms with Crippen molar-refractivity contribution in [3.8, 4) is 0 Å². The molecule has 2 rings (SSSR count). The number of carbonyl (C=O) groups is 2. The molecule has 0 saturated heterocycles. The third kappa shape index (κ3) is 4.06. The van der Waals surface area contributed by atoms with Crippen LogP contribution in [0.5, 0.6) is 0 Å². The minimum absolute atomic E-state index is 0.0644. The molecule has 0 aliphatic heterocycles. The van der Waals surface area contributed by atoms with Gasteiger partial charge in [-0.25, -0.2) is 0 Å². The minimum Gasteiger partial charge on any atom is -0.481 e. The van der Waals surface area contributed by atoms with Gasteiger partial charge in [0.05, 0.1) is 0 Å². The monoisotopic (exact) mass is 276 g/mol. The van der Waals surface area contributed by atoms with Crippen molar-refractivity contribution in [1.29, 1.82) is 0 Å². The number of nitrogens with two attached hydrogens (primary N) is 1. The molecule has 0 radical (unpaired) electrons. The molecule has 1 aliphatic carbocycles. The lowest BCUT2D eigenvalue weighted by molar-refractivity contribution is -0.137. The van der Waals surface area contributed by atoms with E-state index in [0.29, 0.717) is 12.8 Å². The summed E-state index contributed by atoms with van der Waals surface area (Å²) < 4.78 is 0. The van der Waals surface area contributed by atoms with E-state index in [1.54, 1.807) is 12.1 Å². The second-order valence-corrected chi connectivity index (χ2v) is 5.53. The summed E-state index contributed by atoms with van der Waals surface area (Å²) in [7, 11) is 0. The van der Waals surface area contributed by atoms with Gasteiger partial charge in [-0.05, 0) is 43.4 Å². The van der Waals surface area contributed by atoms with Crippen LogP contribution in [0.3, 0.4) is 0 Å². The summed E-state index contributed by atoms with van der Waals surface area (Å²) in [6.07, 6.45) is 3.88. The summed E-state index contributed by atoms with van der Waals surface area (Å²) in [5, 5.41) is 11.4. The van der Waals surface area contributed by atoms with E-state index < -0.39 is 5.97 Å². The number of amides is 1. The zero-order valence-electron chi connectivity index (χ0n) is 11.4. The molecule has 0 heterocycles. The van der Waals surface area contributed by atoms with Crippen LogP contribution in [0.1, 0.15) is 37.7 Å². The molecule has 5 nitrogen and oxygen atoms in total. The molecule has 0 atom stereocenters. The lowest BCUT2D eigenvalue weighted by atomic mass is 9.75. The Kier molecular flexibility index (Phi) is 4.39. The Morgan fingerprint density at radius 1 is 1.25 bits per heavy atom. The van der Waals surface area contributed by atoms with Crippen molar-refractivity contribution in [3.63, 3.8) is 0 Å². The zero-order valence-corrected chi connectivity index (χ0v) is 11.4. The standard InChI is InChI=1S/C15H20N2O3/c16-15(8-1-9-15)10-13(18)17-12-5-2-11(3-6-12)4-7-14(19)20/h2-3,5-6H,1,4,7-10,16H2,(H,17,18)(H,19,20). The predicted molar refractivity (Wildman–Crippen MR) is 76.4 cm³/mol. The topological polar surface area (TPSA) is 92.4 Å². The maximum Gasteiger partial charge on any atom is 0.303 e. The Hall–Kier alpha value is -1.88. The van der Waals surface area contributed by atoms with Crippen molar-refractivity contribution in [2.45, 2.75) is 44.1 Å². The van der Waals surface area contributed by atoms with Crippen LogP contribution >= 0.6 is 0 Å². The van der Waals surface area contributed by atoms with Crippen LogP contribution < -0.4 is 11.1 Å². The van der Waals surface area contributed by atoms with Gasteiger partial charge in [0.2, 0.25) is 5.91 Å². The average molecular weight is 276 g/mol. The SMILES string of the molecule is NC1(CC(=O)Nc2ccc(CCC(=O)O)cc2)CCC1. The van der Waals surface area contributed by atoms with Gasteiger partial charge in [0.15, 0.2) is 0 Å². The first kappa shape index (κ1) is 14.5. The quantitative estimate of drug-likeness (QED) is 0.740. The van der Waals surface area contributed by atoms with Crippen molar-refractivity contribution in [3.05, 3.63) is 29.8 Å². The van der Waals surface area contributed by atoms with E-state index in [4.69, 9.17) is 10.8 Å². The van der Waals surface area contributed by atoms with Gasteiger partial charge in [-0.2, -0.15) is 0 Å². The Morgan fingerprint density at radius 2 is 1.90 bits per heavy atom. The van der Waals surface area contributed by atoms with Crippen molar-refractivity contribution < 1.29 is 14.7 Å². The van der Waals surface area contributed by atoms with E-state index in [9.17, 15) is 9.59 Å². The summed E-state index contributed by atoms with van der Waals surface area (Å²) in [5.41, 5.74) is 7.38. The number of nitrogens with one attached hydrogen (secondary N) is 1. The number of aliphatic carboxylic acids is 1. The Labute approximate surface area is 118 Å². The molecule has 0 unspecified atom stereocenters. The molecular formula is C15H20N2O3. The van der Waals surface area contributed by atoms with Gasteiger partial charge < -0.3 is 16.2 Å². The van der Waals surface area contributed by atoms with Crippen LogP contribution in [0.15, 0.2) is 24.3 Å². The van der Waals surface area contributed by atoms with E-state index >= 15 is 0 Å². The number of carboxylic acid groups (broad SMARTS) is 1. The first-order valence-corrected chi connectivity index (χ1v) is 6.86. The molecule has 1 aromatic rings. The highest BCUT2D eigenvalue weighted by Gasteiger charge is 2.34. The fourth-order valence-corrected chi connectivity index (χ4v) is 2.34. The number of benzene rings is 1. The minimum atomic E-state index is -0.809. The second-order valence-electron chi connectivity index (χ2n) is 5.53. The maximum absolute atomic E-state index is 11.9. The van der Waals surface area contributed by atoms with E-state index in [2.05, 4.69) is 5.32 Å². The number of rotatable bonds is 6. The highest BCUT2D eigenvalue weighted by Crippen LogP contribution is 2.32. The summed E-state index contributed by atoms with van der Waals surface area (Å²) in [5.74, 6) is -0.874. The molecule has 108 valence electrons. The van der Waals surface area contributed by atoms with Crippen LogP contribution in [-0.2, 0) is 16.0 Å². The fraction of sp³-hybridized carbons (Fsp3) is 0.467. The van der Waals surface area contributed by atoms with Crippen LogP contribution in [-0.4, -0.2) is 22.5 Å². The molecule has 1 aliphatic rings. The maximum atomic E-state index is 11.9. The smallest absolute Gasteiger partial charge is 0.303 e. The molecule has 1 saturated carbocycles. The largest absolute Gasteiger partial charge is 0.481 e. The number of hydrogen-bond acceptors (Lipinski definition) is 3. The average Bonchev–Trinajstić information content (AvgIpc) is 2.36. The summed E-state index contributed by atoms with van der Waals surface area (Å²) in [4.78, 5) is 22.3. The fourth-order valence-electron chi connectivity index (χ4n) is 2.34. The van der Waals surface area contributed by atoms with Crippen LogP contribution in [0.25, 0.3) is 0 Å². The van der Waals surface area contributed by atoms with Crippen molar-refractivity contribution >= 4 is 17.6 Å². The summed E-state index contributed by atoms with van der Waals surface area (Å²) in [6.45, 7) is 0. The van der Waals surface area contributed by atoms with Gasteiger partial charge in [0, 0.05) is 24.1 Å². The molecular weight excluding hydrogens is 256 g/mol. The van der Waals surface area contributed by atoms with E-state index in [1.807, 2.05) is 12.1 Å². The van der Waals surface area contributed by atoms with E-state index in [-0.39, 0.29) is 17.9 Å². The molecule has 1 amide bonds. The molecule has 0 aromatic heterocycles. The molecule has 4 N–H and O–H groups in total. The Morgan fingerprint density at radius 3 is 2.40 bits per heavy atom. The normalized spacial score (nSPS) is 16.2. The summed E-state index contributed by atoms with van der Waals surface area (Å²) >= 11 is 0. The highest BCUT2D eigenvalue weighted by molar-refractivity contribution is 5.91. The lowest BCUT2D eigenvalue weighted by Gasteiger charge is -2.37. The highest BCUT2D eigenvalue weighted by atomic mass is 16.4. The van der Waals surface area contributed by atoms with Gasteiger partial charge in [-0.15, -0.1) is 0 Å². The van der Waals surface area contributed by atoms with Crippen molar-refractivity contribution in [2.24, 2.45) is 5.73 Å². The molecule has 20 heavy (non-hydrogen) atoms. The number of aryl methyl sites for hydroxylation is 1. The second kappa shape index (κ2) is 6.05. The number of carbonyl (C=O) groups excluding carboxylic acids is 1. The number of carboxylic acids is 1. The molecule has 1 aromatic carbocycles. The van der Waals surface area contributed by atoms with Crippen molar-refractivity contribution in [1.82, 2.24) is 0 Å². The Balaban J connectivity index is 1.83. The van der Waals surface area contributed by atoms with Crippen molar-refractivity contribution in [2.75, 3.05) is 5.32 Å². The first-order valence-electron chi connectivity index (χ1n) is 6.86. The van der Waals surface area contributed by atoms with Gasteiger partial charge in [0.1, 0.15) is 0 Å². The van der Waals surface area contributed by atoms with Crippen LogP contribution in [0, 0.1) is 0 Å². The molecule has 0 spiro atoms. The van der Waals surface area contributed by atoms with E-state index in [0.717, 1.165) is 30.5 Å². The molecule has 5 heteroatoms. The number of anilines is 1. The van der Waals surface area contributed by atoms with Crippen LogP contribution in [0.2, 0.25) is 0 Å². The third-order valence-electron chi connectivity index (χ3n) is 3.73. The zero-order chi connectivity index (χ0) is 14.6. The third-order valence-corrected chi connectivity index (χ3v) is 3.73. The van der Waals surface area contributed by atoms with Gasteiger partial charge in [-0.3, -0.25) is 9.59 Å². The van der Waals surface area contributed by atoms with E-state index in [1.165, 1.54) is 0 Å².